The molecule has 2 N–H and O–H groups in total. The van der Waals surface area contributed by atoms with Crippen molar-refractivity contribution in [1.29, 1.82) is 0 Å². The highest BCUT2D eigenvalue weighted by Crippen LogP contribution is 2.41. The molecule has 0 aromatic heterocycles. The van der Waals surface area contributed by atoms with Gasteiger partial charge in [0.25, 0.3) is 17.4 Å². The first-order chi connectivity index (χ1) is 17.3. The number of hydrogen-bond acceptors (Lipinski definition) is 9. The van der Waals surface area contributed by atoms with Crippen molar-refractivity contribution in [3.05, 3.63) is 69.3 Å². The number of nitro groups is 1. The fourth-order valence-corrected chi connectivity index (χ4v) is 4.51. The quantitative estimate of drug-likeness (QED) is 0.185. The number of phenolic OH excluding ortho intramolecular Hbond substituents is 1. The molecular formula is C25H27N3O8. The maximum atomic E-state index is 13.1. The van der Waals surface area contributed by atoms with Crippen LogP contribution in [0.2, 0.25) is 0 Å². The molecule has 2 aliphatic heterocycles. The number of amides is 1. The van der Waals surface area contributed by atoms with Crippen LogP contribution < -0.4 is 4.74 Å². The minimum atomic E-state index is -0.975. The van der Waals surface area contributed by atoms with Crippen molar-refractivity contribution < 1.29 is 34.2 Å². The summed E-state index contributed by atoms with van der Waals surface area (Å²) >= 11 is 0. The van der Waals surface area contributed by atoms with Crippen molar-refractivity contribution in [3.8, 4) is 11.5 Å². The SMILES string of the molecule is COc1ccc(/C(O)=C2\C(=O)C(=O)N(CCCN3CCOCC3)C2c2ccc([N+](=O)[O-])cc2)c(O)c1. The second-order valence-corrected chi connectivity index (χ2v) is 8.53. The highest BCUT2D eigenvalue weighted by molar-refractivity contribution is 6.46. The number of ketones is 1. The molecule has 4 rings (SSSR count). The van der Waals surface area contributed by atoms with Crippen LogP contribution in [-0.2, 0) is 14.3 Å². The molecule has 2 aromatic rings. The third-order valence-electron chi connectivity index (χ3n) is 6.40. The molecule has 11 nitrogen and oxygen atoms in total. The smallest absolute Gasteiger partial charge is 0.295 e. The molecule has 1 unspecified atom stereocenters. The lowest BCUT2D eigenvalue weighted by Crippen LogP contribution is -2.38. The van der Waals surface area contributed by atoms with E-state index in [9.17, 15) is 29.9 Å². The van der Waals surface area contributed by atoms with E-state index in [2.05, 4.69) is 4.90 Å². The van der Waals surface area contributed by atoms with E-state index in [1.54, 1.807) is 0 Å². The number of aromatic hydroxyl groups is 1. The number of phenols is 1. The third kappa shape index (κ3) is 5.02. The van der Waals surface area contributed by atoms with Gasteiger partial charge in [-0.15, -0.1) is 0 Å². The van der Waals surface area contributed by atoms with E-state index in [1.807, 2.05) is 0 Å². The van der Waals surface area contributed by atoms with Gasteiger partial charge in [-0.05, 0) is 36.2 Å². The van der Waals surface area contributed by atoms with Gasteiger partial charge in [-0.3, -0.25) is 24.6 Å². The Hall–Kier alpha value is -3.96. The van der Waals surface area contributed by atoms with Crippen LogP contribution in [0.1, 0.15) is 23.6 Å². The van der Waals surface area contributed by atoms with Gasteiger partial charge < -0.3 is 24.6 Å². The molecule has 0 saturated carbocycles. The summed E-state index contributed by atoms with van der Waals surface area (Å²) in [6.07, 6.45) is 0.574. The summed E-state index contributed by atoms with van der Waals surface area (Å²) in [6.45, 7) is 3.76. The zero-order valence-electron chi connectivity index (χ0n) is 19.8. The molecule has 0 radical (unpaired) electrons. The number of likely N-dealkylation sites (tertiary alicyclic amines) is 1. The summed E-state index contributed by atoms with van der Waals surface area (Å²) in [7, 11) is 1.42. The molecule has 2 aromatic carbocycles. The number of aliphatic hydroxyl groups excluding tert-OH is 1. The van der Waals surface area contributed by atoms with Crippen molar-refractivity contribution in [2.45, 2.75) is 12.5 Å². The number of Topliss-reactive ketones (excluding diaryl/α,β-unsaturated/α-hetero) is 1. The van der Waals surface area contributed by atoms with Crippen molar-refractivity contribution in [3.63, 3.8) is 0 Å². The van der Waals surface area contributed by atoms with Gasteiger partial charge in [-0.2, -0.15) is 0 Å². The highest BCUT2D eigenvalue weighted by Gasteiger charge is 2.46. The maximum absolute atomic E-state index is 13.1. The standard InChI is InChI=1S/C25H27N3O8/c1-35-18-7-8-19(20(29)15-18)23(30)21-22(16-3-5-17(6-4-16)28(33)34)27(25(32)24(21)31)10-2-9-26-11-13-36-14-12-26/h3-8,15,22,29-30H,2,9-14H2,1H3/b23-21+. The fourth-order valence-electron chi connectivity index (χ4n) is 4.51. The molecule has 0 aliphatic carbocycles. The Morgan fingerprint density at radius 2 is 1.83 bits per heavy atom. The summed E-state index contributed by atoms with van der Waals surface area (Å²) < 4.78 is 10.4. The number of morpholine rings is 1. The Morgan fingerprint density at radius 3 is 2.44 bits per heavy atom. The highest BCUT2D eigenvalue weighted by atomic mass is 16.6. The maximum Gasteiger partial charge on any atom is 0.295 e. The largest absolute Gasteiger partial charge is 0.507 e. The Morgan fingerprint density at radius 1 is 1.14 bits per heavy atom. The molecule has 2 fully saturated rings. The van der Waals surface area contributed by atoms with E-state index in [4.69, 9.17) is 9.47 Å². The van der Waals surface area contributed by atoms with Crippen LogP contribution in [0.3, 0.4) is 0 Å². The summed E-state index contributed by atoms with van der Waals surface area (Å²) in [5.74, 6) is -2.19. The van der Waals surface area contributed by atoms with E-state index < -0.39 is 28.4 Å². The number of carbonyl (C=O) groups is 2. The Balaban J connectivity index is 1.71. The van der Waals surface area contributed by atoms with Crippen molar-refractivity contribution in [2.75, 3.05) is 46.5 Å². The lowest BCUT2D eigenvalue weighted by atomic mass is 9.94. The van der Waals surface area contributed by atoms with Crippen LogP contribution in [0.15, 0.2) is 48.0 Å². The molecule has 2 heterocycles. The number of non-ortho nitro benzene ring substituents is 1. The summed E-state index contributed by atoms with van der Waals surface area (Å²) in [6, 6.07) is 8.71. The Bertz CT molecular complexity index is 1190. The monoisotopic (exact) mass is 497 g/mol. The number of rotatable bonds is 8. The van der Waals surface area contributed by atoms with E-state index >= 15 is 0 Å². The number of nitro benzene ring substituents is 1. The summed E-state index contributed by atoms with van der Waals surface area (Å²) in [4.78, 5) is 40.4. The van der Waals surface area contributed by atoms with E-state index in [0.29, 0.717) is 37.5 Å². The zero-order chi connectivity index (χ0) is 25.8. The zero-order valence-corrected chi connectivity index (χ0v) is 19.8. The van der Waals surface area contributed by atoms with Gasteiger partial charge >= 0.3 is 0 Å². The van der Waals surface area contributed by atoms with Crippen LogP contribution in [0.25, 0.3) is 5.76 Å². The summed E-state index contributed by atoms with van der Waals surface area (Å²) in [5, 5.41) is 32.7. The number of nitrogens with zero attached hydrogens (tertiary/aromatic N) is 3. The minimum absolute atomic E-state index is 0.0333. The van der Waals surface area contributed by atoms with Crippen LogP contribution in [0.4, 0.5) is 5.69 Å². The van der Waals surface area contributed by atoms with Crippen molar-refractivity contribution >= 4 is 23.1 Å². The van der Waals surface area contributed by atoms with Gasteiger partial charge in [-0.25, -0.2) is 0 Å². The lowest BCUT2D eigenvalue weighted by Gasteiger charge is -2.29. The van der Waals surface area contributed by atoms with Gasteiger partial charge in [-0.1, -0.05) is 0 Å². The summed E-state index contributed by atoms with van der Waals surface area (Å²) in [5.41, 5.74) is 0.0614. The van der Waals surface area contributed by atoms with Gasteiger partial charge in [0, 0.05) is 44.4 Å². The number of carbonyl (C=O) groups excluding carboxylic acids is 2. The number of hydrogen-bond donors (Lipinski definition) is 2. The average Bonchev–Trinajstić information content (AvgIpc) is 3.14. The van der Waals surface area contributed by atoms with Gasteiger partial charge in [0.1, 0.15) is 17.3 Å². The minimum Gasteiger partial charge on any atom is -0.507 e. The van der Waals surface area contributed by atoms with Gasteiger partial charge in [0.05, 0.1) is 42.4 Å². The Labute approximate surface area is 207 Å². The van der Waals surface area contributed by atoms with Crippen molar-refractivity contribution in [2.24, 2.45) is 0 Å². The predicted molar refractivity (Wildman–Crippen MR) is 129 cm³/mol. The lowest BCUT2D eigenvalue weighted by molar-refractivity contribution is -0.384. The van der Waals surface area contributed by atoms with E-state index in [1.165, 1.54) is 54.5 Å². The molecule has 1 amide bonds. The molecule has 11 heteroatoms. The topological polar surface area (TPSA) is 143 Å². The molecule has 2 saturated heterocycles. The second-order valence-electron chi connectivity index (χ2n) is 8.53. The molecule has 2 aliphatic rings. The average molecular weight is 498 g/mol. The number of benzene rings is 2. The molecule has 1 atom stereocenters. The van der Waals surface area contributed by atoms with Crippen LogP contribution in [-0.4, -0.2) is 83.1 Å². The van der Waals surface area contributed by atoms with Gasteiger partial charge in [0.2, 0.25) is 0 Å². The van der Waals surface area contributed by atoms with E-state index in [-0.39, 0.29) is 29.1 Å². The molecule has 190 valence electrons. The first-order valence-electron chi connectivity index (χ1n) is 11.5. The van der Waals surface area contributed by atoms with Crippen LogP contribution >= 0.6 is 0 Å². The molecular weight excluding hydrogens is 470 g/mol. The van der Waals surface area contributed by atoms with Crippen LogP contribution in [0.5, 0.6) is 11.5 Å². The molecule has 36 heavy (non-hydrogen) atoms. The number of aliphatic hydroxyl groups is 1. The normalized spacial score (nSPS) is 20.0. The van der Waals surface area contributed by atoms with Crippen molar-refractivity contribution in [1.82, 2.24) is 9.80 Å². The number of methoxy groups -OCH3 is 1. The molecule has 0 bridgehead atoms. The Kier molecular flexibility index (Phi) is 7.51. The first-order valence-corrected chi connectivity index (χ1v) is 11.5. The van der Waals surface area contributed by atoms with E-state index in [0.717, 1.165) is 13.1 Å². The number of ether oxygens (including phenoxy) is 2. The first kappa shape index (κ1) is 25.1. The fraction of sp³-hybridized carbons (Fsp3) is 0.360. The molecule has 0 spiro atoms. The third-order valence-corrected chi connectivity index (χ3v) is 6.40. The van der Waals surface area contributed by atoms with Gasteiger partial charge in [0.15, 0.2) is 0 Å². The van der Waals surface area contributed by atoms with Crippen LogP contribution in [0, 0.1) is 10.1 Å². The predicted octanol–water partition coefficient (Wildman–Crippen LogP) is 2.45. The second kappa shape index (κ2) is 10.8.